The molecule has 1 N–H and O–H groups in total. The van der Waals surface area contributed by atoms with Gasteiger partial charge < -0.3 is 9.90 Å². The lowest BCUT2D eigenvalue weighted by Crippen LogP contribution is -1.80. The lowest BCUT2D eigenvalue weighted by Gasteiger charge is -1.99. The summed E-state index contributed by atoms with van der Waals surface area (Å²) in [7, 11) is 0. The molecule has 0 amide bonds. The maximum absolute atomic E-state index is 9.60. The number of aliphatic hydroxyl groups excluding tert-OH is 1. The zero-order valence-corrected chi connectivity index (χ0v) is 4.36. The summed E-state index contributed by atoms with van der Waals surface area (Å²) in [4.78, 5) is 9.60. The van der Waals surface area contributed by atoms with Crippen LogP contribution < -0.4 is 0 Å². The molecule has 0 spiro atoms. The maximum Gasteiger partial charge on any atom is -0.00797 e. The summed E-state index contributed by atoms with van der Waals surface area (Å²) in [5, 5.41) is 8.44. The molecule has 0 saturated heterocycles. The van der Waals surface area contributed by atoms with Gasteiger partial charge in [-0.25, -0.2) is 0 Å². The Morgan fingerprint density at radius 2 is 2.00 bits per heavy atom. The van der Waals surface area contributed by atoms with Crippen LogP contribution in [0, 0.1) is 0 Å². The number of allylic oxidation sites excluding steroid dienone is 2. The predicted molar refractivity (Wildman–Crippen MR) is 26.7 cm³/mol. The molecule has 0 unspecified atom stereocenters. The third kappa shape index (κ3) is 1.98. The molecule has 0 bridgehead atoms. The van der Waals surface area contributed by atoms with Crippen LogP contribution in [0.4, 0.5) is 0 Å². The average Bonchev–Trinajstić information content (AvgIpc) is 1.65. The van der Waals surface area contributed by atoms with Crippen LogP contribution in [0.2, 0.25) is 0 Å². The second-order valence-corrected chi connectivity index (χ2v) is 1.31. The minimum absolute atomic E-state index is 0.0370. The van der Waals surface area contributed by atoms with E-state index in [-0.39, 0.29) is 11.3 Å². The molecule has 0 aliphatic carbocycles. The van der Waals surface area contributed by atoms with E-state index in [1.165, 1.54) is 13.8 Å². The van der Waals surface area contributed by atoms with Gasteiger partial charge in [-0.2, -0.15) is 0 Å². The van der Waals surface area contributed by atoms with Gasteiger partial charge >= 0.3 is 0 Å². The van der Waals surface area contributed by atoms with E-state index in [9.17, 15) is 4.79 Å². The van der Waals surface area contributed by atoms with Gasteiger partial charge in [0.25, 0.3) is 0 Å². The van der Waals surface area contributed by atoms with Crippen molar-refractivity contribution in [2.45, 2.75) is 13.8 Å². The number of rotatable bonds is 1. The van der Waals surface area contributed by atoms with Crippen LogP contribution in [0.1, 0.15) is 13.8 Å². The van der Waals surface area contributed by atoms with E-state index in [1.54, 1.807) is 6.29 Å². The predicted octanol–water partition coefficient (Wildman–Crippen LogP) is 0.948. The quantitative estimate of drug-likeness (QED) is 0.302. The van der Waals surface area contributed by atoms with Gasteiger partial charge in [-0.3, -0.25) is 0 Å². The van der Waals surface area contributed by atoms with E-state index in [0.29, 0.717) is 0 Å². The van der Waals surface area contributed by atoms with E-state index in [4.69, 9.17) is 5.11 Å². The third-order valence-electron chi connectivity index (χ3n) is 0.696. The molecule has 0 heterocycles. The van der Waals surface area contributed by atoms with Gasteiger partial charge in [0.15, 0.2) is 0 Å². The summed E-state index contributed by atoms with van der Waals surface area (Å²) in [5.74, 6) is 0.0370. The number of aliphatic hydroxyl groups is 1. The van der Waals surface area contributed by atoms with Crippen LogP contribution in [-0.4, -0.2) is 11.4 Å². The lowest BCUT2D eigenvalue weighted by atomic mass is 10.3. The third-order valence-corrected chi connectivity index (χ3v) is 0.696. The van der Waals surface area contributed by atoms with Gasteiger partial charge in [0.2, 0.25) is 0 Å². The molecule has 7 heavy (non-hydrogen) atoms. The van der Waals surface area contributed by atoms with Gasteiger partial charge in [-0.05, 0) is 6.29 Å². The standard InChI is InChI=1S/C5H7O2/c1-4(3-6)5(2)7/h7H,1-2H3/q-1/b5-4-. The molecule has 0 fully saturated rings. The molecular weight excluding hydrogens is 92.1 g/mol. The first-order chi connectivity index (χ1) is 3.18. The average molecular weight is 99.1 g/mol. The van der Waals surface area contributed by atoms with Crippen LogP contribution in [0.5, 0.6) is 0 Å². The molecule has 0 aromatic carbocycles. The minimum atomic E-state index is 0.0370. The van der Waals surface area contributed by atoms with Gasteiger partial charge in [-0.1, -0.05) is 19.6 Å². The summed E-state index contributed by atoms with van der Waals surface area (Å²) in [6, 6.07) is 0. The van der Waals surface area contributed by atoms with E-state index in [1.807, 2.05) is 0 Å². The van der Waals surface area contributed by atoms with E-state index < -0.39 is 0 Å². The number of hydrogen-bond acceptors (Lipinski definition) is 2. The van der Waals surface area contributed by atoms with Crippen molar-refractivity contribution in [3.63, 3.8) is 0 Å². The molecule has 0 aromatic rings. The van der Waals surface area contributed by atoms with Crippen LogP contribution in [-0.2, 0) is 4.79 Å². The van der Waals surface area contributed by atoms with Crippen molar-refractivity contribution in [2.24, 2.45) is 0 Å². The Morgan fingerprint density at radius 1 is 1.57 bits per heavy atom. The summed E-state index contributed by atoms with van der Waals surface area (Å²) < 4.78 is 0. The highest BCUT2D eigenvalue weighted by molar-refractivity contribution is 5.73. The Labute approximate surface area is 42.5 Å². The summed E-state index contributed by atoms with van der Waals surface area (Å²) in [6.07, 6.45) is 1.54. The summed E-state index contributed by atoms with van der Waals surface area (Å²) >= 11 is 0. The number of carbonyl (C=O) groups excluding carboxylic acids is 1. The molecular formula is C5H7O2-. The Hall–Kier alpha value is -0.790. The Morgan fingerprint density at radius 3 is 2.00 bits per heavy atom. The minimum Gasteiger partial charge on any atom is -0.596 e. The van der Waals surface area contributed by atoms with Crippen LogP contribution in [0.25, 0.3) is 0 Å². The zero-order valence-electron chi connectivity index (χ0n) is 4.36. The normalized spacial score (nSPS) is 12.9. The second kappa shape index (κ2) is 2.39. The summed E-state index contributed by atoms with van der Waals surface area (Å²) in [6.45, 7) is 2.95. The van der Waals surface area contributed by atoms with Crippen molar-refractivity contribution in [3.05, 3.63) is 11.3 Å². The van der Waals surface area contributed by atoms with Gasteiger partial charge in [0, 0.05) is 0 Å². The molecule has 0 aliphatic heterocycles. The zero-order chi connectivity index (χ0) is 5.86. The second-order valence-electron chi connectivity index (χ2n) is 1.31. The largest absolute Gasteiger partial charge is 0.596 e. The van der Waals surface area contributed by atoms with Crippen molar-refractivity contribution >= 4 is 6.29 Å². The summed E-state index contributed by atoms with van der Waals surface area (Å²) in [5.41, 5.74) is 0.264. The highest BCUT2D eigenvalue weighted by Gasteiger charge is 1.72. The molecule has 2 heteroatoms. The monoisotopic (exact) mass is 99.0 g/mol. The first-order valence-electron chi connectivity index (χ1n) is 1.93. The molecule has 0 radical (unpaired) electrons. The van der Waals surface area contributed by atoms with Crippen molar-refractivity contribution < 1.29 is 9.90 Å². The number of hydrogen-bond donors (Lipinski definition) is 1. The smallest absolute Gasteiger partial charge is 0.00797 e. The van der Waals surface area contributed by atoms with Crippen molar-refractivity contribution in [1.82, 2.24) is 0 Å². The molecule has 0 aromatic heterocycles. The molecule has 0 aliphatic rings. The maximum atomic E-state index is 9.60. The van der Waals surface area contributed by atoms with Crippen molar-refractivity contribution in [1.29, 1.82) is 0 Å². The van der Waals surface area contributed by atoms with Crippen LogP contribution in [0.3, 0.4) is 0 Å². The Bertz CT molecular complexity index is 98.6. The van der Waals surface area contributed by atoms with Gasteiger partial charge in [-0.15, -0.1) is 5.57 Å². The van der Waals surface area contributed by atoms with Gasteiger partial charge in [0.1, 0.15) is 0 Å². The van der Waals surface area contributed by atoms with E-state index in [2.05, 4.69) is 0 Å². The lowest BCUT2D eigenvalue weighted by molar-refractivity contribution is 0.409. The van der Waals surface area contributed by atoms with Crippen LogP contribution >= 0.6 is 0 Å². The molecule has 40 valence electrons. The van der Waals surface area contributed by atoms with Gasteiger partial charge in [0.05, 0.1) is 0 Å². The molecule has 0 atom stereocenters. The fraction of sp³-hybridized carbons (Fsp3) is 0.400. The molecule has 2 nitrogen and oxygen atoms in total. The fourth-order valence-electron chi connectivity index (χ4n) is 0.0739. The van der Waals surface area contributed by atoms with E-state index >= 15 is 0 Å². The molecule has 0 saturated carbocycles. The highest BCUT2D eigenvalue weighted by atomic mass is 16.3. The SMILES string of the molecule is C/C(O)=C(\C)[C-]=O. The van der Waals surface area contributed by atoms with Crippen LogP contribution in [0.15, 0.2) is 11.3 Å². The van der Waals surface area contributed by atoms with E-state index in [0.717, 1.165) is 0 Å². The highest BCUT2D eigenvalue weighted by Crippen LogP contribution is 1.92. The topological polar surface area (TPSA) is 37.3 Å². The van der Waals surface area contributed by atoms with Crippen molar-refractivity contribution in [3.8, 4) is 0 Å². The first kappa shape index (κ1) is 6.21. The fourth-order valence-corrected chi connectivity index (χ4v) is 0.0739. The Kier molecular flexibility index (Phi) is 2.12. The molecule has 0 rings (SSSR count). The first-order valence-corrected chi connectivity index (χ1v) is 1.93. The Balaban J connectivity index is 3.98. The van der Waals surface area contributed by atoms with Crippen molar-refractivity contribution in [2.75, 3.05) is 0 Å².